The zero-order valence-electron chi connectivity index (χ0n) is 22.5. The second-order valence-electron chi connectivity index (χ2n) is 9.12. The molecular weight excluding hydrogens is 480 g/mol. The van der Waals surface area contributed by atoms with Gasteiger partial charge in [0.05, 0.1) is 18.0 Å². The number of amides is 1. The van der Waals surface area contributed by atoms with Crippen LogP contribution in [0.1, 0.15) is 6.92 Å². The van der Waals surface area contributed by atoms with E-state index in [-0.39, 0.29) is 5.91 Å². The van der Waals surface area contributed by atoms with Gasteiger partial charge in [0.2, 0.25) is 17.7 Å². The third-order valence-electron chi connectivity index (χ3n) is 6.01. The van der Waals surface area contributed by atoms with Crippen molar-refractivity contribution in [1.29, 1.82) is 0 Å². The molecule has 198 valence electrons. The van der Waals surface area contributed by atoms with E-state index in [9.17, 15) is 4.79 Å². The fourth-order valence-electron chi connectivity index (χ4n) is 4.08. The molecule has 0 radical (unpaired) electrons. The van der Waals surface area contributed by atoms with Gasteiger partial charge in [0.1, 0.15) is 5.69 Å². The van der Waals surface area contributed by atoms with E-state index >= 15 is 0 Å². The number of rotatable bonds is 11. The summed E-state index contributed by atoms with van der Waals surface area (Å²) in [7, 11) is 7.96. The van der Waals surface area contributed by atoms with Gasteiger partial charge in [-0.2, -0.15) is 4.98 Å². The van der Waals surface area contributed by atoms with Gasteiger partial charge in [-0.15, -0.1) is 0 Å². The highest BCUT2D eigenvalue weighted by Gasteiger charge is 2.19. The van der Waals surface area contributed by atoms with E-state index in [1.807, 2.05) is 58.2 Å². The number of pyridine rings is 1. The van der Waals surface area contributed by atoms with Gasteiger partial charge in [0, 0.05) is 56.0 Å². The van der Waals surface area contributed by atoms with Gasteiger partial charge in [-0.1, -0.05) is 24.8 Å². The Hall–Kier alpha value is -4.44. The molecule has 0 bridgehead atoms. The first-order valence-corrected chi connectivity index (χ1v) is 12.4. The lowest BCUT2D eigenvalue weighted by atomic mass is 10.1. The van der Waals surface area contributed by atoms with Crippen molar-refractivity contribution in [2.45, 2.75) is 6.92 Å². The average molecular weight is 515 g/mol. The molecule has 0 unspecified atom stereocenters. The van der Waals surface area contributed by atoms with Gasteiger partial charge < -0.3 is 29.7 Å². The highest BCUT2D eigenvalue weighted by atomic mass is 16.5. The molecule has 4 rings (SSSR count). The predicted octanol–water partition coefficient (Wildman–Crippen LogP) is 4.29. The number of benzene rings is 1. The number of carbonyl (C=O) groups is 1. The van der Waals surface area contributed by atoms with Crippen molar-refractivity contribution in [3.63, 3.8) is 0 Å². The van der Waals surface area contributed by atoms with Crippen LogP contribution in [0, 0.1) is 0 Å². The number of nitrogens with one attached hydrogen (secondary N) is 2. The van der Waals surface area contributed by atoms with E-state index in [0.29, 0.717) is 42.2 Å². The molecule has 0 saturated carbocycles. The normalized spacial score (nSPS) is 11.0. The second-order valence-corrected chi connectivity index (χ2v) is 9.12. The molecule has 1 amide bonds. The van der Waals surface area contributed by atoms with E-state index in [1.165, 1.54) is 6.08 Å². The Kier molecular flexibility index (Phi) is 8.22. The summed E-state index contributed by atoms with van der Waals surface area (Å²) in [5, 5.41) is 7.23. The molecule has 3 heterocycles. The molecule has 0 atom stereocenters. The number of aryl methyl sites for hydroxylation is 1. The summed E-state index contributed by atoms with van der Waals surface area (Å²) in [6.45, 7) is 7.40. The summed E-state index contributed by atoms with van der Waals surface area (Å²) in [4.78, 5) is 30.3. The number of hydrogen-bond donors (Lipinski definition) is 2. The number of likely N-dealkylation sites (N-methyl/N-ethyl adjacent to an activating group) is 2. The minimum atomic E-state index is -0.335. The van der Waals surface area contributed by atoms with E-state index < -0.39 is 0 Å². The van der Waals surface area contributed by atoms with Crippen LogP contribution in [0.25, 0.3) is 22.2 Å². The van der Waals surface area contributed by atoms with Crippen molar-refractivity contribution in [2.75, 3.05) is 56.4 Å². The highest BCUT2D eigenvalue weighted by Crippen LogP contribution is 2.35. The predicted molar refractivity (Wildman–Crippen MR) is 153 cm³/mol. The minimum absolute atomic E-state index is 0.335. The fraction of sp³-hybridized carbons (Fsp3) is 0.286. The van der Waals surface area contributed by atoms with E-state index in [1.54, 1.807) is 12.3 Å². The molecular formula is C28H34N8O2. The Morgan fingerprint density at radius 1 is 1.13 bits per heavy atom. The maximum Gasteiger partial charge on any atom is 0.247 e. The summed E-state index contributed by atoms with van der Waals surface area (Å²) in [6, 6.07) is 11.9. The summed E-state index contributed by atoms with van der Waals surface area (Å²) in [5.74, 6) is 1.02. The molecule has 38 heavy (non-hydrogen) atoms. The third-order valence-corrected chi connectivity index (χ3v) is 6.01. The van der Waals surface area contributed by atoms with Crippen LogP contribution in [0.3, 0.4) is 0 Å². The molecule has 10 nitrogen and oxygen atoms in total. The number of anilines is 4. The number of para-hydroxylation sites is 1. The molecule has 0 saturated heterocycles. The summed E-state index contributed by atoms with van der Waals surface area (Å²) >= 11 is 0. The third kappa shape index (κ3) is 5.92. The van der Waals surface area contributed by atoms with Crippen LogP contribution in [0.4, 0.5) is 23.1 Å². The van der Waals surface area contributed by atoms with Crippen molar-refractivity contribution in [3.8, 4) is 17.1 Å². The van der Waals surface area contributed by atoms with Crippen LogP contribution in [0.5, 0.6) is 5.88 Å². The fourth-order valence-corrected chi connectivity index (χ4v) is 4.08. The first-order valence-electron chi connectivity index (χ1n) is 12.4. The van der Waals surface area contributed by atoms with Crippen molar-refractivity contribution in [1.82, 2.24) is 24.4 Å². The lowest BCUT2D eigenvalue weighted by molar-refractivity contribution is -0.111. The Morgan fingerprint density at radius 3 is 2.66 bits per heavy atom. The number of carbonyl (C=O) groups excluding carboxylic acids is 1. The van der Waals surface area contributed by atoms with Crippen molar-refractivity contribution in [3.05, 3.63) is 61.4 Å². The van der Waals surface area contributed by atoms with Crippen LogP contribution in [0.2, 0.25) is 0 Å². The topological polar surface area (TPSA) is 100 Å². The van der Waals surface area contributed by atoms with Crippen molar-refractivity contribution in [2.24, 2.45) is 7.05 Å². The first kappa shape index (κ1) is 26.6. The lowest BCUT2D eigenvalue weighted by Crippen LogP contribution is -2.30. The molecule has 2 N–H and O–H groups in total. The van der Waals surface area contributed by atoms with Gasteiger partial charge in [0.25, 0.3) is 0 Å². The molecule has 0 spiro atoms. The smallest absolute Gasteiger partial charge is 0.247 e. The second kappa shape index (κ2) is 11.7. The lowest BCUT2D eigenvalue weighted by Gasteiger charge is -2.24. The first-order chi connectivity index (χ1) is 18.3. The van der Waals surface area contributed by atoms with Gasteiger partial charge in [0.15, 0.2) is 5.82 Å². The van der Waals surface area contributed by atoms with E-state index in [4.69, 9.17) is 14.7 Å². The highest BCUT2D eigenvalue weighted by molar-refractivity contribution is 6.01. The SMILES string of the molecule is C=CC(=O)Nc1cc(Nc2nccc(-c3cn(C)c4ccccc34)n2)c(OCC)nc1N(C)CCN(C)C. The van der Waals surface area contributed by atoms with Gasteiger partial charge in [-0.05, 0) is 45.3 Å². The van der Waals surface area contributed by atoms with Crippen LogP contribution >= 0.6 is 0 Å². The zero-order chi connectivity index (χ0) is 27.2. The molecule has 0 aliphatic carbocycles. The summed E-state index contributed by atoms with van der Waals surface area (Å²) in [6.07, 6.45) is 5.00. The number of hydrogen-bond acceptors (Lipinski definition) is 8. The van der Waals surface area contributed by atoms with Crippen LogP contribution < -0.4 is 20.3 Å². The summed E-state index contributed by atoms with van der Waals surface area (Å²) < 4.78 is 7.97. The number of ether oxygens (including phenoxy) is 1. The molecule has 0 fully saturated rings. The Bertz CT molecular complexity index is 1450. The average Bonchev–Trinajstić information content (AvgIpc) is 3.25. The van der Waals surface area contributed by atoms with E-state index in [0.717, 1.165) is 28.7 Å². The minimum Gasteiger partial charge on any atom is -0.476 e. The van der Waals surface area contributed by atoms with Gasteiger partial charge in [-0.25, -0.2) is 9.97 Å². The monoisotopic (exact) mass is 514 g/mol. The maximum atomic E-state index is 12.3. The molecule has 0 aliphatic heterocycles. The van der Waals surface area contributed by atoms with Gasteiger partial charge in [-0.3, -0.25) is 4.79 Å². The quantitative estimate of drug-likeness (QED) is 0.286. The zero-order valence-corrected chi connectivity index (χ0v) is 22.5. The standard InChI is InChI=1S/C28H34N8O2/c1-7-25(37)30-22-17-23(27(38-8-2)33-26(22)35(5)16-15-34(3)4)32-28-29-14-13-21(31-28)20-18-36(6)24-12-10-9-11-19(20)24/h7,9-14,17-18H,1,8,15-16H2,2-6H3,(H,30,37)(H,29,31,32). The Labute approximate surface area is 223 Å². The van der Waals surface area contributed by atoms with Crippen LogP contribution in [-0.4, -0.2) is 71.2 Å². The van der Waals surface area contributed by atoms with Crippen molar-refractivity contribution >= 4 is 40.0 Å². The Balaban J connectivity index is 1.73. The number of fused-ring (bicyclic) bond motifs is 1. The number of aromatic nitrogens is 4. The van der Waals surface area contributed by atoms with Crippen LogP contribution in [-0.2, 0) is 11.8 Å². The van der Waals surface area contributed by atoms with E-state index in [2.05, 4.69) is 50.0 Å². The number of nitrogens with zero attached hydrogens (tertiary/aromatic N) is 6. The van der Waals surface area contributed by atoms with Gasteiger partial charge >= 0.3 is 0 Å². The Morgan fingerprint density at radius 2 is 1.92 bits per heavy atom. The molecule has 10 heteroatoms. The molecule has 1 aromatic carbocycles. The van der Waals surface area contributed by atoms with Crippen LogP contribution in [0.15, 0.2) is 61.4 Å². The summed E-state index contributed by atoms with van der Waals surface area (Å²) in [5.41, 5.74) is 3.97. The van der Waals surface area contributed by atoms with Crippen molar-refractivity contribution < 1.29 is 9.53 Å². The molecule has 4 aromatic rings. The molecule has 3 aromatic heterocycles. The maximum absolute atomic E-state index is 12.3. The molecule has 0 aliphatic rings. The largest absolute Gasteiger partial charge is 0.476 e.